The quantitative estimate of drug-likeness (QED) is 0.658. The van der Waals surface area contributed by atoms with Crippen LogP contribution in [0.4, 0.5) is 13.2 Å². The van der Waals surface area contributed by atoms with Gasteiger partial charge in [0, 0.05) is 11.4 Å². The average Bonchev–Trinajstić information content (AvgIpc) is 2.97. The van der Waals surface area contributed by atoms with E-state index < -0.39 is 11.7 Å². The molecule has 0 saturated heterocycles. The molecule has 1 aliphatic carbocycles. The Balaban J connectivity index is 1.71. The van der Waals surface area contributed by atoms with Crippen molar-refractivity contribution in [2.75, 3.05) is 0 Å². The zero-order valence-corrected chi connectivity index (χ0v) is 13.4. The molecular formula is C17H14F3N3S. The van der Waals surface area contributed by atoms with Crippen LogP contribution < -0.4 is 0 Å². The molecule has 3 nitrogen and oxygen atoms in total. The Morgan fingerprint density at radius 2 is 1.92 bits per heavy atom. The number of rotatable bonds is 2. The Kier molecular flexibility index (Phi) is 3.75. The number of pyridine rings is 1. The molecule has 0 aliphatic heterocycles. The molecule has 1 aromatic carbocycles. The highest BCUT2D eigenvalue weighted by molar-refractivity contribution is 7.99. The van der Waals surface area contributed by atoms with Crippen LogP contribution >= 0.6 is 11.8 Å². The molecule has 0 unspecified atom stereocenters. The van der Waals surface area contributed by atoms with Crippen LogP contribution in [0.1, 0.15) is 34.8 Å². The van der Waals surface area contributed by atoms with Crippen molar-refractivity contribution in [3.63, 3.8) is 0 Å². The molecule has 0 radical (unpaired) electrons. The van der Waals surface area contributed by atoms with E-state index in [9.17, 15) is 13.2 Å². The summed E-state index contributed by atoms with van der Waals surface area (Å²) in [4.78, 5) is 0. The topological polar surface area (TPSA) is 30.2 Å². The Morgan fingerprint density at radius 1 is 1.08 bits per heavy atom. The van der Waals surface area contributed by atoms with E-state index in [1.165, 1.54) is 33.4 Å². The van der Waals surface area contributed by atoms with E-state index in [1.54, 1.807) is 0 Å². The van der Waals surface area contributed by atoms with Gasteiger partial charge in [0.25, 0.3) is 0 Å². The van der Waals surface area contributed by atoms with Crippen LogP contribution in [-0.4, -0.2) is 14.6 Å². The van der Waals surface area contributed by atoms with E-state index in [-0.39, 0.29) is 5.25 Å². The summed E-state index contributed by atoms with van der Waals surface area (Å²) in [5.74, 6) is 0. The number of halogens is 3. The largest absolute Gasteiger partial charge is 0.417 e. The van der Waals surface area contributed by atoms with Crippen LogP contribution in [0.5, 0.6) is 0 Å². The van der Waals surface area contributed by atoms with Gasteiger partial charge in [-0.25, -0.2) is 0 Å². The minimum atomic E-state index is -4.38. The second-order valence-electron chi connectivity index (χ2n) is 5.82. The molecule has 124 valence electrons. The van der Waals surface area contributed by atoms with Crippen molar-refractivity contribution in [2.45, 2.75) is 35.8 Å². The third-order valence-corrected chi connectivity index (χ3v) is 5.52. The lowest BCUT2D eigenvalue weighted by molar-refractivity contribution is -0.137. The molecule has 0 spiro atoms. The van der Waals surface area contributed by atoms with Crippen LogP contribution in [0, 0.1) is 0 Å². The van der Waals surface area contributed by atoms with Gasteiger partial charge in [-0.05, 0) is 42.5 Å². The first-order valence-electron chi connectivity index (χ1n) is 7.69. The molecule has 3 aromatic rings. The first kappa shape index (κ1) is 15.5. The van der Waals surface area contributed by atoms with Gasteiger partial charge in [-0.3, -0.25) is 4.40 Å². The maximum atomic E-state index is 12.9. The van der Waals surface area contributed by atoms with Crippen molar-refractivity contribution in [1.82, 2.24) is 14.6 Å². The zero-order chi connectivity index (χ0) is 16.7. The van der Waals surface area contributed by atoms with Gasteiger partial charge >= 0.3 is 6.18 Å². The third-order valence-electron chi connectivity index (χ3n) is 4.26. The van der Waals surface area contributed by atoms with E-state index in [0.717, 1.165) is 31.5 Å². The van der Waals surface area contributed by atoms with Crippen LogP contribution in [0.25, 0.3) is 5.65 Å². The fourth-order valence-corrected chi connectivity index (χ4v) is 4.32. The van der Waals surface area contributed by atoms with E-state index in [2.05, 4.69) is 22.3 Å². The first-order valence-corrected chi connectivity index (χ1v) is 8.57. The smallest absolute Gasteiger partial charge is 0.277 e. The molecule has 0 N–H and O–H groups in total. The maximum Gasteiger partial charge on any atom is 0.417 e. The summed E-state index contributed by atoms with van der Waals surface area (Å²) in [5, 5.41) is 8.77. The molecule has 0 amide bonds. The Labute approximate surface area is 140 Å². The molecule has 2 heterocycles. The lowest BCUT2D eigenvalue weighted by atomic mass is 9.91. The standard InChI is InChI=1S/C17H14F3N3S/c18-17(19,20)12-8-9-15-21-22-16(23(15)10-12)24-14-7-3-5-11-4-1-2-6-13(11)14/h1-2,4,6,8-10,14H,3,5,7H2/t14-/m1/s1. The molecule has 24 heavy (non-hydrogen) atoms. The summed E-state index contributed by atoms with van der Waals surface area (Å²) in [6, 6.07) is 10.6. The van der Waals surface area contributed by atoms with Crippen molar-refractivity contribution in [1.29, 1.82) is 0 Å². The Morgan fingerprint density at radius 3 is 2.75 bits per heavy atom. The van der Waals surface area contributed by atoms with Gasteiger partial charge in [0.1, 0.15) is 0 Å². The Bertz CT molecular complexity index is 888. The minimum Gasteiger partial charge on any atom is -0.277 e. The summed E-state index contributed by atoms with van der Waals surface area (Å²) in [6.07, 6.45) is -0.203. The van der Waals surface area contributed by atoms with Gasteiger partial charge in [-0.1, -0.05) is 36.0 Å². The molecule has 0 saturated carbocycles. The fourth-order valence-electron chi connectivity index (χ4n) is 3.08. The number of aromatic nitrogens is 3. The number of hydrogen-bond acceptors (Lipinski definition) is 3. The van der Waals surface area contributed by atoms with E-state index in [0.29, 0.717) is 10.8 Å². The van der Waals surface area contributed by atoms with Gasteiger partial charge in [0.05, 0.1) is 5.56 Å². The Hall–Kier alpha value is -2.02. The highest BCUT2D eigenvalue weighted by atomic mass is 32.2. The molecule has 4 rings (SSSR count). The van der Waals surface area contributed by atoms with E-state index in [1.807, 2.05) is 12.1 Å². The van der Waals surface area contributed by atoms with Crippen molar-refractivity contribution < 1.29 is 13.2 Å². The van der Waals surface area contributed by atoms with Crippen LogP contribution in [0.15, 0.2) is 47.8 Å². The van der Waals surface area contributed by atoms with E-state index >= 15 is 0 Å². The summed E-state index contributed by atoms with van der Waals surface area (Å²) < 4.78 is 40.3. The summed E-state index contributed by atoms with van der Waals surface area (Å²) >= 11 is 1.48. The molecule has 0 bridgehead atoms. The average molecular weight is 349 g/mol. The predicted octanol–water partition coefficient (Wildman–Crippen LogP) is 4.92. The van der Waals surface area contributed by atoms with E-state index in [4.69, 9.17) is 0 Å². The van der Waals surface area contributed by atoms with Gasteiger partial charge in [0.2, 0.25) is 0 Å². The van der Waals surface area contributed by atoms with Gasteiger partial charge in [-0.15, -0.1) is 10.2 Å². The molecule has 2 aromatic heterocycles. The SMILES string of the molecule is FC(F)(F)c1ccc2nnc(S[C@@H]3CCCc4ccccc43)n2c1. The second-order valence-corrected chi connectivity index (χ2v) is 6.99. The van der Waals surface area contributed by atoms with Gasteiger partial charge in [-0.2, -0.15) is 13.2 Å². The number of fused-ring (bicyclic) bond motifs is 2. The molecule has 1 aliphatic rings. The fraction of sp³-hybridized carbons (Fsp3) is 0.294. The summed E-state index contributed by atoms with van der Waals surface area (Å²) in [7, 11) is 0. The van der Waals surface area contributed by atoms with Gasteiger partial charge < -0.3 is 0 Å². The van der Waals surface area contributed by atoms with Crippen LogP contribution in [-0.2, 0) is 12.6 Å². The third kappa shape index (κ3) is 2.77. The maximum absolute atomic E-state index is 12.9. The first-order chi connectivity index (χ1) is 11.5. The predicted molar refractivity (Wildman–Crippen MR) is 86.0 cm³/mol. The van der Waals surface area contributed by atoms with Gasteiger partial charge in [0.15, 0.2) is 10.8 Å². The normalized spacial score (nSPS) is 17.9. The van der Waals surface area contributed by atoms with Crippen molar-refractivity contribution in [2.24, 2.45) is 0 Å². The number of hydrogen-bond donors (Lipinski definition) is 0. The summed E-state index contributed by atoms with van der Waals surface area (Å²) in [6.45, 7) is 0. The van der Waals surface area contributed by atoms with Crippen LogP contribution in [0.3, 0.4) is 0 Å². The van der Waals surface area contributed by atoms with Crippen molar-refractivity contribution in [3.8, 4) is 0 Å². The number of aryl methyl sites for hydroxylation is 1. The number of nitrogens with zero attached hydrogens (tertiary/aromatic N) is 3. The lowest BCUT2D eigenvalue weighted by Gasteiger charge is -2.24. The molecule has 1 atom stereocenters. The minimum absolute atomic E-state index is 0.192. The number of alkyl halides is 3. The van der Waals surface area contributed by atoms with Crippen molar-refractivity contribution in [3.05, 3.63) is 59.3 Å². The van der Waals surface area contributed by atoms with Crippen molar-refractivity contribution >= 4 is 17.4 Å². The molecule has 7 heteroatoms. The zero-order valence-electron chi connectivity index (χ0n) is 12.6. The lowest BCUT2D eigenvalue weighted by Crippen LogP contribution is -2.08. The number of thioether (sulfide) groups is 1. The molecule has 0 fully saturated rings. The number of benzene rings is 1. The monoisotopic (exact) mass is 349 g/mol. The highest BCUT2D eigenvalue weighted by Crippen LogP contribution is 2.43. The second kappa shape index (κ2) is 5.81. The summed E-state index contributed by atoms with van der Waals surface area (Å²) in [5.41, 5.74) is 2.29. The van der Waals surface area contributed by atoms with Crippen LogP contribution in [0.2, 0.25) is 0 Å². The molecular weight excluding hydrogens is 335 g/mol. The highest BCUT2D eigenvalue weighted by Gasteiger charge is 2.31.